The summed E-state index contributed by atoms with van der Waals surface area (Å²) in [5, 5.41) is 2.75. The second-order valence-electron chi connectivity index (χ2n) is 2.88. The molecule has 0 aromatic heterocycles. The van der Waals surface area contributed by atoms with Crippen LogP contribution in [0, 0.1) is 0 Å². The predicted molar refractivity (Wildman–Crippen MR) is 54.6 cm³/mol. The van der Waals surface area contributed by atoms with Crippen molar-refractivity contribution < 1.29 is 21.6 Å². The number of benzene rings is 1. The van der Waals surface area contributed by atoms with Gasteiger partial charge in [0.15, 0.2) is 0 Å². The summed E-state index contributed by atoms with van der Waals surface area (Å²) in [5.74, 6) is 0. The normalized spacial score (nSPS) is 12.2. The highest BCUT2D eigenvalue weighted by Crippen LogP contribution is 2.25. The first-order chi connectivity index (χ1) is 7.26. The van der Waals surface area contributed by atoms with Crippen LogP contribution in [-0.2, 0) is 10.0 Å². The third-order valence-electron chi connectivity index (χ3n) is 1.73. The van der Waals surface area contributed by atoms with E-state index in [1.54, 1.807) is 7.05 Å². The molecule has 0 atom stereocenters. The Kier molecular flexibility index (Phi) is 3.32. The molecule has 1 rings (SSSR count). The van der Waals surface area contributed by atoms with Crippen LogP contribution in [-0.4, -0.2) is 21.0 Å². The highest BCUT2D eigenvalue weighted by molar-refractivity contribution is 7.93. The Morgan fingerprint density at radius 3 is 1.88 bits per heavy atom. The lowest BCUT2D eigenvalue weighted by molar-refractivity contribution is -0.0429. The molecule has 0 aliphatic carbocycles. The molecule has 0 aliphatic heterocycles. The molecule has 1 aromatic carbocycles. The average Bonchev–Trinajstić information content (AvgIpc) is 2.16. The molecular weight excluding hydrogens is 245 g/mol. The van der Waals surface area contributed by atoms with Crippen molar-refractivity contribution in [1.82, 2.24) is 0 Å². The number of sulfonamides is 1. The van der Waals surface area contributed by atoms with Gasteiger partial charge in [0.25, 0.3) is 0 Å². The summed E-state index contributed by atoms with van der Waals surface area (Å²) in [6.07, 6.45) is 0. The minimum absolute atomic E-state index is 0.142. The minimum Gasteiger partial charge on any atom is -0.388 e. The van der Waals surface area contributed by atoms with Crippen molar-refractivity contribution in [3.05, 3.63) is 24.3 Å². The molecular formula is C8H9F3N2O2S. The Morgan fingerprint density at radius 1 is 1.06 bits per heavy atom. The van der Waals surface area contributed by atoms with E-state index >= 15 is 0 Å². The standard InChI is InChI=1S/C8H9F3N2O2S/c1-12-6-2-4-7(5-3-6)13-16(14,15)8(9,10)11/h2-5,12-13H,1H3. The van der Waals surface area contributed by atoms with Gasteiger partial charge in [0.05, 0.1) is 0 Å². The molecule has 0 bridgehead atoms. The van der Waals surface area contributed by atoms with Crippen LogP contribution >= 0.6 is 0 Å². The lowest BCUT2D eigenvalue weighted by Gasteiger charge is -2.10. The fraction of sp³-hybridized carbons (Fsp3) is 0.250. The molecule has 90 valence electrons. The zero-order valence-corrected chi connectivity index (χ0v) is 8.98. The van der Waals surface area contributed by atoms with Crippen LogP contribution in [0.15, 0.2) is 24.3 Å². The summed E-state index contributed by atoms with van der Waals surface area (Å²) in [7, 11) is -3.71. The van der Waals surface area contributed by atoms with Gasteiger partial charge in [0, 0.05) is 18.4 Å². The van der Waals surface area contributed by atoms with E-state index in [-0.39, 0.29) is 5.69 Å². The summed E-state index contributed by atoms with van der Waals surface area (Å²) in [6, 6.07) is 5.37. The van der Waals surface area contributed by atoms with Gasteiger partial charge in [-0.05, 0) is 24.3 Å². The lowest BCUT2D eigenvalue weighted by atomic mass is 10.3. The summed E-state index contributed by atoms with van der Waals surface area (Å²) in [4.78, 5) is 0. The van der Waals surface area contributed by atoms with Crippen LogP contribution in [0.1, 0.15) is 0 Å². The van der Waals surface area contributed by atoms with E-state index in [0.29, 0.717) is 5.69 Å². The van der Waals surface area contributed by atoms with Crippen LogP contribution in [0.2, 0.25) is 0 Å². The van der Waals surface area contributed by atoms with Crippen LogP contribution in [0.4, 0.5) is 24.5 Å². The second kappa shape index (κ2) is 4.20. The summed E-state index contributed by atoms with van der Waals surface area (Å²) in [5.41, 5.74) is -4.79. The largest absolute Gasteiger partial charge is 0.516 e. The third-order valence-corrected chi connectivity index (χ3v) is 2.84. The molecule has 0 radical (unpaired) electrons. The van der Waals surface area contributed by atoms with E-state index in [2.05, 4.69) is 5.32 Å². The zero-order chi connectivity index (χ0) is 12.4. The topological polar surface area (TPSA) is 58.2 Å². The van der Waals surface area contributed by atoms with Crippen molar-refractivity contribution >= 4 is 21.4 Å². The molecule has 0 saturated carbocycles. The number of hydrogen-bond donors (Lipinski definition) is 2. The molecule has 0 spiro atoms. The molecule has 16 heavy (non-hydrogen) atoms. The van der Waals surface area contributed by atoms with Crippen molar-refractivity contribution in [2.75, 3.05) is 17.1 Å². The van der Waals surface area contributed by atoms with Crippen molar-refractivity contribution in [1.29, 1.82) is 0 Å². The van der Waals surface area contributed by atoms with Gasteiger partial charge in [-0.15, -0.1) is 0 Å². The van der Waals surface area contributed by atoms with Gasteiger partial charge in [0.2, 0.25) is 0 Å². The van der Waals surface area contributed by atoms with Gasteiger partial charge >= 0.3 is 15.5 Å². The monoisotopic (exact) mass is 254 g/mol. The Balaban J connectivity index is 2.89. The highest BCUT2D eigenvalue weighted by atomic mass is 32.2. The van der Waals surface area contributed by atoms with E-state index < -0.39 is 15.5 Å². The predicted octanol–water partition coefficient (Wildman–Crippen LogP) is 1.99. The number of halogens is 3. The van der Waals surface area contributed by atoms with Crippen LogP contribution in [0.5, 0.6) is 0 Å². The first-order valence-electron chi connectivity index (χ1n) is 4.13. The smallest absolute Gasteiger partial charge is 0.388 e. The maximum atomic E-state index is 12.0. The summed E-state index contributed by atoms with van der Waals surface area (Å²) < 4.78 is 58.9. The minimum atomic E-state index is -5.34. The highest BCUT2D eigenvalue weighted by Gasteiger charge is 2.45. The molecule has 0 fully saturated rings. The maximum Gasteiger partial charge on any atom is 0.516 e. The van der Waals surface area contributed by atoms with E-state index in [1.165, 1.54) is 29.0 Å². The zero-order valence-electron chi connectivity index (χ0n) is 8.17. The van der Waals surface area contributed by atoms with E-state index in [9.17, 15) is 21.6 Å². The van der Waals surface area contributed by atoms with Gasteiger partial charge in [-0.25, -0.2) is 0 Å². The van der Waals surface area contributed by atoms with Crippen LogP contribution in [0.3, 0.4) is 0 Å². The van der Waals surface area contributed by atoms with E-state index in [1.807, 2.05) is 0 Å². The molecule has 4 nitrogen and oxygen atoms in total. The SMILES string of the molecule is CNc1ccc(NS(=O)(=O)C(F)(F)F)cc1. The maximum absolute atomic E-state index is 12.0. The number of hydrogen-bond acceptors (Lipinski definition) is 3. The summed E-state index contributed by atoms with van der Waals surface area (Å²) in [6.45, 7) is 0. The van der Waals surface area contributed by atoms with E-state index in [4.69, 9.17) is 0 Å². The average molecular weight is 254 g/mol. The number of nitrogens with one attached hydrogen (secondary N) is 2. The number of rotatable bonds is 3. The van der Waals surface area contributed by atoms with Gasteiger partial charge in [-0.2, -0.15) is 21.6 Å². The molecule has 8 heteroatoms. The molecule has 0 saturated heterocycles. The molecule has 1 aromatic rings. The molecule has 0 unspecified atom stereocenters. The first-order valence-corrected chi connectivity index (χ1v) is 5.61. The first kappa shape index (κ1) is 12.6. The lowest BCUT2D eigenvalue weighted by Crippen LogP contribution is -2.29. The van der Waals surface area contributed by atoms with Crippen LogP contribution < -0.4 is 10.0 Å². The van der Waals surface area contributed by atoms with Crippen molar-refractivity contribution in [3.8, 4) is 0 Å². The number of alkyl halides is 3. The fourth-order valence-electron chi connectivity index (χ4n) is 0.918. The van der Waals surface area contributed by atoms with Crippen molar-refractivity contribution in [2.45, 2.75) is 5.51 Å². The number of anilines is 2. The van der Waals surface area contributed by atoms with Gasteiger partial charge in [-0.3, -0.25) is 4.72 Å². The van der Waals surface area contributed by atoms with Gasteiger partial charge in [-0.1, -0.05) is 0 Å². The van der Waals surface area contributed by atoms with Crippen molar-refractivity contribution in [3.63, 3.8) is 0 Å². The Labute approximate surface area is 90.5 Å². The third kappa shape index (κ3) is 2.78. The van der Waals surface area contributed by atoms with Crippen molar-refractivity contribution in [2.24, 2.45) is 0 Å². The molecule has 2 N–H and O–H groups in total. The Hall–Kier alpha value is -1.44. The van der Waals surface area contributed by atoms with Gasteiger partial charge < -0.3 is 5.32 Å². The molecule has 0 heterocycles. The fourth-order valence-corrected chi connectivity index (χ4v) is 1.48. The molecule has 0 amide bonds. The Morgan fingerprint density at radius 2 is 1.50 bits per heavy atom. The van der Waals surface area contributed by atoms with Gasteiger partial charge in [0.1, 0.15) is 0 Å². The van der Waals surface area contributed by atoms with Crippen LogP contribution in [0.25, 0.3) is 0 Å². The molecule has 0 aliphatic rings. The quantitative estimate of drug-likeness (QED) is 0.867. The second-order valence-corrected chi connectivity index (χ2v) is 4.55. The summed E-state index contributed by atoms with van der Waals surface area (Å²) >= 11 is 0. The van der Waals surface area contributed by atoms with E-state index in [0.717, 1.165) is 0 Å². The Bertz CT molecular complexity index is 453.